The number of carbonyl (C=O) groups excluding carboxylic acids is 1. The molecule has 7 nitrogen and oxygen atoms in total. The molecule has 0 saturated carbocycles. The Morgan fingerprint density at radius 3 is 2.23 bits per heavy atom. The second-order valence-corrected chi connectivity index (χ2v) is 11.3. The van der Waals surface area contributed by atoms with Crippen LogP contribution in [-0.4, -0.2) is 43.9 Å². The molecular formula is C20H23ClFNO6S2. The van der Waals surface area contributed by atoms with E-state index in [1.165, 1.54) is 18.2 Å². The highest BCUT2D eigenvalue weighted by molar-refractivity contribution is 7.94. The Morgan fingerprint density at radius 1 is 1.06 bits per heavy atom. The molecule has 170 valence electrons. The van der Waals surface area contributed by atoms with E-state index < -0.39 is 48.0 Å². The summed E-state index contributed by atoms with van der Waals surface area (Å²) in [6.07, 6.45) is -1.96. The number of alkyl halides is 1. The Morgan fingerprint density at radius 2 is 1.65 bits per heavy atom. The van der Waals surface area contributed by atoms with Crippen molar-refractivity contribution in [2.24, 2.45) is 0 Å². The van der Waals surface area contributed by atoms with Gasteiger partial charge in [0.25, 0.3) is 10.0 Å². The second-order valence-electron chi connectivity index (χ2n) is 6.74. The molecule has 2 rings (SSSR count). The molecule has 0 aliphatic heterocycles. The molecule has 11 heteroatoms. The van der Waals surface area contributed by atoms with Gasteiger partial charge in [0.15, 0.2) is 15.2 Å². The van der Waals surface area contributed by atoms with Crippen molar-refractivity contribution in [1.29, 1.82) is 0 Å². The van der Waals surface area contributed by atoms with Gasteiger partial charge in [-0.25, -0.2) is 26.0 Å². The van der Waals surface area contributed by atoms with Gasteiger partial charge in [0.1, 0.15) is 12.8 Å². The molecule has 31 heavy (non-hydrogen) atoms. The summed E-state index contributed by atoms with van der Waals surface area (Å²) in [4.78, 5) is 12.0. The number of ether oxygens (including phenoxy) is 1. The van der Waals surface area contributed by atoms with E-state index in [1.54, 1.807) is 37.3 Å². The number of hydrogen-bond acceptors (Lipinski definition) is 6. The van der Waals surface area contributed by atoms with Gasteiger partial charge < -0.3 is 4.74 Å². The molecule has 0 aliphatic carbocycles. The maximum Gasteiger partial charge on any atom is 0.339 e. The zero-order chi connectivity index (χ0) is 23.2. The van der Waals surface area contributed by atoms with Gasteiger partial charge in [0, 0.05) is 0 Å². The number of benzene rings is 2. The van der Waals surface area contributed by atoms with Gasteiger partial charge in [0.05, 0.1) is 16.2 Å². The van der Waals surface area contributed by atoms with Gasteiger partial charge in [0.2, 0.25) is 0 Å². The van der Waals surface area contributed by atoms with Crippen LogP contribution >= 0.6 is 11.8 Å². The SMILES string of the molecule is CCCS(=O)(=O)C(C(C)F)N(Cl)S(=O)(=O)c1ccccc1C(=O)OCc1ccccc1. The summed E-state index contributed by atoms with van der Waals surface area (Å²) in [7, 11) is -8.98. The third kappa shape index (κ3) is 6.03. The van der Waals surface area contributed by atoms with Crippen LogP contribution in [0.5, 0.6) is 0 Å². The number of sulfonamides is 1. The molecule has 2 aromatic carbocycles. The molecule has 0 bridgehead atoms. The van der Waals surface area contributed by atoms with E-state index in [0.717, 1.165) is 13.0 Å². The number of sulfone groups is 1. The van der Waals surface area contributed by atoms with Crippen LogP contribution in [0.2, 0.25) is 0 Å². The predicted octanol–water partition coefficient (Wildman–Crippen LogP) is 3.70. The summed E-state index contributed by atoms with van der Waals surface area (Å²) in [6.45, 7) is 2.36. The molecule has 0 N–H and O–H groups in total. The molecular weight excluding hydrogens is 469 g/mol. The van der Waals surface area contributed by atoms with Gasteiger partial charge in [-0.1, -0.05) is 53.2 Å². The molecule has 0 heterocycles. The maximum absolute atomic E-state index is 14.2. The third-order valence-corrected chi connectivity index (χ3v) is 9.18. The predicted molar refractivity (Wildman–Crippen MR) is 115 cm³/mol. The molecule has 0 aliphatic rings. The van der Waals surface area contributed by atoms with Crippen LogP contribution in [0, 0.1) is 0 Å². The first-order valence-electron chi connectivity index (χ1n) is 9.38. The van der Waals surface area contributed by atoms with Crippen LogP contribution in [0.25, 0.3) is 0 Å². The molecule has 2 atom stereocenters. The van der Waals surface area contributed by atoms with E-state index >= 15 is 0 Å². The van der Waals surface area contributed by atoms with Crippen molar-refractivity contribution in [3.63, 3.8) is 0 Å². The first kappa shape index (κ1) is 25.3. The van der Waals surface area contributed by atoms with Gasteiger partial charge in [-0.2, -0.15) is 0 Å². The average Bonchev–Trinajstić information content (AvgIpc) is 2.72. The van der Waals surface area contributed by atoms with Gasteiger partial charge in [-0.15, -0.1) is 0 Å². The van der Waals surface area contributed by atoms with Crippen LogP contribution in [0.1, 0.15) is 36.2 Å². The molecule has 0 fully saturated rings. The highest BCUT2D eigenvalue weighted by atomic mass is 35.5. The van der Waals surface area contributed by atoms with Crippen molar-refractivity contribution in [2.75, 3.05) is 5.75 Å². The zero-order valence-electron chi connectivity index (χ0n) is 16.9. The van der Waals surface area contributed by atoms with Crippen LogP contribution in [0.15, 0.2) is 59.5 Å². The lowest BCUT2D eigenvalue weighted by Crippen LogP contribution is -2.45. The average molecular weight is 492 g/mol. The Balaban J connectivity index is 2.39. The lowest BCUT2D eigenvalue weighted by atomic mass is 10.2. The minimum Gasteiger partial charge on any atom is -0.457 e. The van der Waals surface area contributed by atoms with Crippen molar-refractivity contribution in [3.8, 4) is 0 Å². The molecule has 2 aromatic rings. The van der Waals surface area contributed by atoms with Gasteiger partial charge in [-0.3, -0.25) is 0 Å². The minimum absolute atomic E-state index is 0.0496. The normalized spacial score (nSPS) is 14.2. The summed E-state index contributed by atoms with van der Waals surface area (Å²) >= 11 is 5.91. The van der Waals surface area contributed by atoms with Crippen LogP contribution in [-0.2, 0) is 31.2 Å². The lowest BCUT2D eigenvalue weighted by molar-refractivity contribution is 0.0468. The van der Waals surface area contributed by atoms with E-state index in [1.807, 2.05) is 0 Å². The number of esters is 1. The van der Waals surface area contributed by atoms with E-state index in [0.29, 0.717) is 5.56 Å². The van der Waals surface area contributed by atoms with E-state index in [2.05, 4.69) is 0 Å². The minimum atomic E-state index is -4.76. The Kier molecular flexibility index (Phi) is 8.58. The fourth-order valence-electron chi connectivity index (χ4n) is 2.87. The monoisotopic (exact) mass is 491 g/mol. The number of rotatable bonds is 10. The molecule has 0 saturated heterocycles. The summed E-state index contributed by atoms with van der Waals surface area (Å²) < 4.78 is 70.4. The van der Waals surface area contributed by atoms with Crippen LogP contribution in [0.3, 0.4) is 0 Å². The Hall–Kier alpha value is -2.01. The molecule has 0 aromatic heterocycles. The Labute approximate surface area is 186 Å². The Bertz CT molecular complexity index is 1110. The maximum atomic E-state index is 14.2. The van der Waals surface area contributed by atoms with Crippen LogP contribution < -0.4 is 0 Å². The summed E-state index contributed by atoms with van der Waals surface area (Å²) in [5.74, 6) is -1.40. The number of hydrogen-bond donors (Lipinski definition) is 0. The van der Waals surface area contributed by atoms with Crippen LogP contribution in [0.4, 0.5) is 4.39 Å². The number of carbonyl (C=O) groups is 1. The smallest absolute Gasteiger partial charge is 0.339 e. The molecule has 0 radical (unpaired) electrons. The zero-order valence-corrected chi connectivity index (χ0v) is 19.3. The topological polar surface area (TPSA) is 97.8 Å². The summed E-state index contributed by atoms with van der Waals surface area (Å²) in [5, 5.41) is -2.15. The highest BCUT2D eigenvalue weighted by Gasteiger charge is 2.43. The van der Waals surface area contributed by atoms with Gasteiger partial charge >= 0.3 is 5.97 Å². The first-order chi connectivity index (χ1) is 14.5. The van der Waals surface area contributed by atoms with Crippen molar-refractivity contribution < 1.29 is 30.8 Å². The molecule has 2 unspecified atom stereocenters. The van der Waals surface area contributed by atoms with Gasteiger partial charge in [-0.05, 0) is 42.8 Å². The molecule has 0 amide bonds. The van der Waals surface area contributed by atoms with Crippen molar-refractivity contribution in [2.45, 2.75) is 43.3 Å². The fourth-order valence-corrected chi connectivity index (χ4v) is 7.29. The third-order valence-electron chi connectivity index (χ3n) is 4.28. The number of nitrogens with zero attached hydrogens (tertiary/aromatic N) is 1. The van der Waals surface area contributed by atoms with Crippen molar-refractivity contribution in [1.82, 2.24) is 3.82 Å². The highest BCUT2D eigenvalue weighted by Crippen LogP contribution is 2.29. The quantitative estimate of drug-likeness (QED) is 0.371. The first-order valence-corrected chi connectivity index (χ1v) is 12.9. The molecule has 0 spiro atoms. The fraction of sp³-hybridized carbons (Fsp3) is 0.350. The largest absolute Gasteiger partial charge is 0.457 e. The summed E-state index contributed by atoms with van der Waals surface area (Å²) in [6, 6.07) is 13.8. The van der Waals surface area contributed by atoms with Crippen molar-refractivity contribution in [3.05, 3.63) is 65.7 Å². The second kappa shape index (κ2) is 10.5. The van der Waals surface area contributed by atoms with Crippen molar-refractivity contribution >= 4 is 37.6 Å². The van der Waals surface area contributed by atoms with E-state index in [9.17, 15) is 26.0 Å². The van der Waals surface area contributed by atoms with E-state index in [-0.39, 0.29) is 22.4 Å². The lowest BCUT2D eigenvalue weighted by Gasteiger charge is -2.26. The summed E-state index contributed by atoms with van der Waals surface area (Å²) in [5.41, 5.74) is 0.342. The standard InChI is InChI=1S/C20H23ClFNO6S2/c1-3-13-30(25,26)19(15(2)22)23(21)31(27,28)18-12-8-7-11-17(18)20(24)29-14-16-9-5-4-6-10-16/h4-12,15,19H,3,13-14H2,1-2H3. The number of halogens is 2. The van der Waals surface area contributed by atoms with E-state index in [4.69, 9.17) is 16.5 Å².